The van der Waals surface area contributed by atoms with E-state index in [0.29, 0.717) is 31.0 Å². The molecule has 4 saturated carbocycles. The van der Waals surface area contributed by atoms with Crippen LogP contribution in [0.15, 0.2) is 22.9 Å². The highest BCUT2D eigenvalue weighted by Gasteiger charge is 2.49. The summed E-state index contributed by atoms with van der Waals surface area (Å²) in [6.07, 6.45) is 10.1. The van der Waals surface area contributed by atoms with Crippen LogP contribution in [0, 0.1) is 23.7 Å². The number of halogens is 1. The van der Waals surface area contributed by atoms with Crippen LogP contribution < -0.4 is 5.32 Å². The second kappa shape index (κ2) is 7.45. The van der Waals surface area contributed by atoms with Gasteiger partial charge in [-0.05, 0) is 67.4 Å². The van der Waals surface area contributed by atoms with Gasteiger partial charge in [0.1, 0.15) is 6.10 Å². The molecule has 1 unspecified atom stereocenters. The summed E-state index contributed by atoms with van der Waals surface area (Å²) in [5.74, 6) is 3.37. The van der Waals surface area contributed by atoms with Crippen LogP contribution in [0.25, 0.3) is 0 Å². The minimum atomic E-state index is -0.355. The number of rotatable bonds is 4. The zero-order valence-corrected chi connectivity index (χ0v) is 17.2. The van der Waals surface area contributed by atoms with E-state index in [9.17, 15) is 4.79 Å². The van der Waals surface area contributed by atoms with Gasteiger partial charge in [0.2, 0.25) is 0 Å². The van der Waals surface area contributed by atoms with Crippen molar-refractivity contribution < 1.29 is 9.53 Å². The van der Waals surface area contributed by atoms with Gasteiger partial charge in [-0.25, -0.2) is 0 Å². The van der Waals surface area contributed by atoms with Crippen LogP contribution in [0.2, 0.25) is 0 Å². The highest BCUT2D eigenvalue weighted by molar-refractivity contribution is 9.10. The van der Waals surface area contributed by atoms with Crippen LogP contribution in [0.5, 0.6) is 0 Å². The molecule has 2 heterocycles. The molecule has 4 bridgehead atoms. The molecule has 1 atom stereocenters. The Hall–Kier alpha value is -0.980. The van der Waals surface area contributed by atoms with Gasteiger partial charge in [0.25, 0.3) is 5.91 Å². The van der Waals surface area contributed by atoms with E-state index in [4.69, 9.17) is 4.74 Å². The van der Waals surface area contributed by atoms with Crippen LogP contribution in [-0.4, -0.2) is 47.6 Å². The Kier molecular flexibility index (Phi) is 4.99. The molecule has 0 aromatic carbocycles. The minimum absolute atomic E-state index is 0.0995. The summed E-state index contributed by atoms with van der Waals surface area (Å²) < 4.78 is 6.92. The minimum Gasteiger partial charge on any atom is -0.366 e. The lowest BCUT2D eigenvalue weighted by molar-refractivity contribution is -0.142. The lowest BCUT2D eigenvalue weighted by atomic mass is 9.54. The maximum absolute atomic E-state index is 13.0. The molecular formula is C21H28BrN3O2. The molecule has 6 heteroatoms. The molecule has 1 aliphatic heterocycles. The topological polar surface area (TPSA) is 54.5 Å². The van der Waals surface area contributed by atoms with Gasteiger partial charge in [-0.1, -0.05) is 15.9 Å². The van der Waals surface area contributed by atoms with Crippen LogP contribution in [0.3, 0.4) is 0 Å². The number of ether oxygens (including phenoxy) is 1. The highest BCUT2D eigenvalue weighted by atomic mass is 79.9. The molecule has 0 spiro atoms. The molecule has 5 nitrogen and oxygen atoms in total. The SMILES string of the molecule is O=C(NC1C2CC3CC(C2)CC1C3)C1CN(Cc2cnccc2Br)CCO1. The second-order valence-electron chi connectivity index (χ2n) is 9.03. The zero-order chi connectivity index (χ0) is 18.4. The Morgan fingerprint density at radius 3 is 2.67 bits per heavy atom. The molecule has 6 rings (SSSR count). The van der Waals surface area contributed by atoms with Crippen molar-refractivity contribution in [3.8, 4) is 0 Å². The second-order valence-corrected chi connectivity index (χ2v) is 9.88. The number of nitrogens with one attached hydrogen (secondary N) is 1. The Morgan fingerprint density at radius 2 is 1.96 bits per heavy atom. The first-order valence-electron chi connectivity index (χ1n) is 10.4. The summed E-state index contributed by atoms with van der Waals surface area (Å²) in [5, 5.41) is 3.42. The van der Waals surface area contributed by atoms with Gasteiger partial charge < -0.3 is 10.1 Å². The van der Waals surface area contributed by atoms with E-state index in [-0.39, 0.29) is 12.0 Å². The molecule has 0 radical (unpaired) electrons. The van der Waals surface area contributed by atoms with E-state index < -0.39 is 0 Å². The summed E-state index contributed by atoms with van der Waals surface area (Å²) in [6, 6.07) is 2.35. The molecule has 146 valence electrons. The van der Waals surface area contributed by atoms with Gasteiger partial charge in [0, 0.05) is 42.5 Å². The summed E-state index contributed by atoms with van der Waals surface area (Å²) in [7, 11) is 0. The van der Waals surface area contributed by atoms with Crippen LogP contribution in [0.4, 0.5) is 0 Å². The Morgan fingerprint density at radius 1 is 1.22 bits per heavy atom. The number of pyridine rings is 1. The van der Waals surface area contributed by atoms with E-state index in [2.05, 4.69) is 31.1 Å². The van der Waals surface area contributed by atoms with Crippen molar-refractivity contribution in [2.45, 2.75) is 50.8 Å². The van der Waals surface area contributed by atoms with Gasteiger partial charge >= 0.3 is 0 Å². The Bertz CT molecular complexity index is 684. The molecule has 1 N–H and O–H groups in total. The van der Waals surface area contributed by atoms with Crippen molar-refractivity contribution in [1.82, 2.24) is 15.2 Å². The average Bonchev–Trinajstić information content (AvgIpc) is 2.66. The lowest BCUT2D eigenvalue weighted by Crippen LogP contribution is -2.59. The molecule has 1 saturated heterocycles. The Labute approximate surface area is 169 Å². The predicted octanol–water partition coefficient (Wildman–Crippen LogP) is 2.99. The zero-order valence-electron chi connectivity index (χ0n) is 15.6. The lowest BCUT2D eigenvalue weighted by Gasteiger charge is -2.54. The average molecular weight is 434 g/mol. The molecule has 5 aliphatic rings. The maximum Gasteiger partial charge on any atom is 0.250 e. The monoisotopic (exact) mass is 433 g/mol. The first kappa shape index (κ1) is 18.1. The number of amides is 1. The molecule has 1 aromatic heterocycles. The van der Waals surface area contributed by atoms with Crippen LogP contribution in [-0.2, 0) is 16.1 Å². The van der Waals surface area contributed by atoms with E-state index in [1.807, 2.05) is 12.3 Å². The Balaban J connectivity index is 1.20. The molecule has 4 aliphatic carbocycles. The highest BCUT2D eigenvalue weighted by Crippen LogP contribution is 2.53. The molecular weight excluding hydrogens is 406 g/mol. The fourth-order valence-corrected chi connectivity index (χ4v) is 6.54. The maximum atomic E-state index is 13.0. The number of aromatic nitrogens is 1. The number of morpholine rings is 1. The fourth-order valence-electron chi connectivity index (χ4n) is 6.19. The number of hydrogen-bond donors (Lipinski definition) is 1. The van der Waals surface area contributed by atoms with Crippen molar-refractivity contribution in [2.75, 3.05) is 19.7 Å². The smallest absolute Gasteiger partial charge is 0.250 e. The van der Waals surface area contributed by atoms with Gasteiger partial charge in [0.15, 0.2) is 0 Å². The number of carbonyl (C=O) groups is 1. The van der Waals surface area contributed by atoms with E-state index in [1.165, 1.54) is 32.1 Å². The van der Waals surface area contributed by atoms with Gasteiger partial charge in [-0.3, -0.25) is 14.7 Å². The first-order chi connectivity index (χ1) is 13.2. The normalized spacial score (nSPS) is 38.1. The van der Waals surface area contributed by atoms with Crippen molar-refractivity contribution in [3.63, 3.8) is 0 Å². The van der Waals surface area contributed by atoms with E-state index in [0.717, 1.165) is 35.0 Å². The number of carbonyl (C=O) groups excluding carboxylic acids is 1. The number of hydrogen-bond acceptors (Lipinski definition) is 4. The summed E-state index contributed by atoms with van der Waals surface area (Å²) in [5.41, 5.74) is 1.15. The van der Waals surface area contributed by atoms with Crippen molar-refractivity contribution in [3.05, 3.63) is 28.5 Å². The third-order valence-electron chi connectivity index (χ3n) is 7.22. The third-order valence-corrected chi connectivity index (χ3v) is 7.99. The molecule has 27 heavy (non-hydrogen) atoms. The number of nitrogens with zero attached hydrogens (tertiary/aromatic N) is 2. The van der Waals surface area contributed by atoms with Crippen molar-refractivity contribution >= 4 is 21.8 Å². The molecule has 1 amide bonds. The fraction of sp³-hybridized carbons (Fsp3) is 0.714. The summed E-state index contributed by atoms with van der Waals surface area (Å²) in [6.45, 7) is 2.90. The van der Waals surface area contributed by atoms with Crippen LogP contribution in [0.1, 0.15) is 37.7 Å². The van der Waals surface area contributed by atoms with Crippen LogP contribution >= 0.6 is 15.9 Å². The molecule has 1 aromatic rings. The van der Waals surface area contributed by atoms with E-state index >= 15 is 0 Å². The summed E-state index contributed by atoms with van der Waals surface area (Å²) in [4.78, 5) is 19.5. The quantitative estimate of drug-likeness (QED) is 0.792. The van der Waals surface area contributed by atoms with Gasteiger partial charge in [-0.2, -0.15) is 0 Å². The standard InChI is InChI=1S/C21H28BrN3O2/c22-18-1-2-23-10-17(18)11-25-3-4-27-19(12-25)21(26)24-20-15-6-13-5-14(8-15)9-16(20)7-13/h1-2,10,13-16,19-20H,3-9,11-12H2,(H,24,26). The first-order valence-corrected chi connectivity index (χ1v) is 11.2. The molecule has 5 fully saturated rings. The third kappa shape index (κ3) is 3.68. The van der Waals surface area contributed by atoms with Gasteiger partial charge in [0.05, 0.1) is 6.61 Å². The largest absolute Gasteiger partial charge is 0.366 e. The summed E-state index contributed by atoms with van der Waals surface area (Å²) >= 11 is 3.59. The van der Waals surface area contributed by atoms with Gasteiger partial charge in [-0.15, -0.1) is 0 Å². The van der Waals surface area contributed by atoms with Crippen molar-refractivity contribution in [1.29, 1.82) is 0 Å². The van der Waals surface area contributed by atoms with E-state index in [1.54, 1.807) is 6.20 Å². The predicted molar refractivity (Wildman–Crippen MR) is 106 cm³/mol. The van der Waals surface area contributed by atoms with Crippen molar-refractivity contribution in [2.24, 2.45) is 23.7 Å².